The zero-order chi connectivity index (χ0) is 14.9. The highest BCUT2D eigenvalue weighted by molar-refractivity contribution is 5.46. The van der Waals surface area contributed by atoms with Gasteiger partial charge < -0.3 is 10.1 Å². The summed E-state index contributed by atoms with van der Waals surface area (Å²) in [4.78, 5) is 9.03. The molecule has 0 aromatic carbocycles. The molecule has 2 aliphatic rings. The van der Waals surface area contributed by atoms with Gasteiger partial charge in [0, 0.05) is 23.9 Å². The van der Waals surface area contributed by atoms with Gasteiger partial charge in [-0.05, 0) is 46.5 Å². The Labute approximate surface area is 127 Å². The lowest BCUT2D eigenvalue weighted by Gasteiger charge is -2.43. The number of ether oxygens (including phenoxy) is 1. The first-order valence-corrected chi connectivity index (χ1v) is 8.30. The first-order chi connectivity index (χ1) is 10.1. The van der Waals surface area contributed by atoms with Crippen molar-refractivity contribution in [1.82, 2.24) is 9.97 Å². The number of nitrogens with one attached hydrogen (secondary N) is 1. The lowest BCUT2D eigenvalue weighted by Crippen LogP contribution is -2.45. The molecule has 1 saturated carbocycles. The molecule has 2 fully saturated rings. The smallest absolute Gasteiger partial charge is 0.133 e. The molecule has 1 aromatic heterocycles. The number of nitrogens with zero attached hydrogens (tertiary/aromatic N) is 2. The summed E-state index contributed by atoms with van der Waals surface area (Å²) < 4.78 is 6.18. The van der Waals surface area contributed by atoms with E-state index < -0.39 is 0 Å². The monoisotopic (exact) mass is 289 g/mol. The average Bonchev–Trinajstić information content (AvgIpc) is 2.45. The van der Waals surface area contributed by atoms with E-state index in [1.807, 2.05) is 6.92 Å². The molecule has 2 heterocycles. The molecule has 21 heavy (non-hydrogen) atoms. The van der Waals surface area contributed by atoms with E-state index in [2.05, 4.69) is 29.1 Å². The normalized spacial score (nSPS) is 25.0. The molecule has 1 unspecified atom stereocenters. The van der Waals surface area contributed by atoms with Gasteiger partial charge in [0.15, 0.2) is 0 Å². The van der Waals surface area contributed by atoms with Crippen LogP contribution < -0.4 is 5.32 Å². The Kier molecular flexibility index (Phi) is 4.16. The van der Waals surface area contributed by atoms with Crippen molar-refractivity contribution in [3.8, 4) is 0 Å². The fourth-order valence-corrected chi connectivity index (χ4v) is 3.80. The van der Waals surface area contributed by atoms with Gasteiger partial charge in [-0.3, -0.25) is 0 Å². The number of hydrogen-bond donors (Lipinski definition) is 1. The second-order valence-electron chi connectivity index (χ2n) is 6.76. The molecule has 0 bridgehead atoms. The van der Waals surface area contributed by atoms with Gasteiger partial charge in [-0.1, -0.05) is 19.3 Å². The van der Waals surface area contributed by atoms with Gasteiger partial charge in [0.25, 0.3) is 0 Å². The summed E-state index contributed by atoms with van der Waals surface area (Å²) in [7, 11) is 0. The fourth-order valence-electron chi connectivity index (χ4n) is 3.80. The molecule has 0 radical (unpaired) electrons. The van der Waals surface area contributed by atoms with Crippen molar-refractivity contribution in [2.75, 3.05) is 11.9 Å². The Bertz CT molecular complexity index is 503. The lowest BCUT2D eigenvalue weighted by atomic mass is 9.78. The molecule has 116 valence electrons. The van der Waals surface area contributed by atoms with Crippen LogP contribution in [0.5, 0.6) is 0 Å². The second-order valence-corrected chi connectivity index (χ2v) is 6.76. The Balaban J connectivity index is 1.73. The first kappa shape index (κ1) is 14.8. The van der Waals surface area contributed by atoms with Crippen molar-refractivity contribution in [3.63, 3.8) is 0 Å². The molecular weight excluding hydrogens is 262 g/mol. The molecule has 1 N–H and O–H groups in total. The SMILES string of the molecule is Cc1nc(C)c(C)c(NC2CCOC3(CCCCC3)C2)n1. The summed E-state index contributed by atoms with van der Waals surface area (Å²) >= 11 is 0. The highest BCUT2D eigenvalue weighted by Gasteiger charge is 2.38. The fraction of sp³-hybridized carbons (Fsp3) is 0.765. The summed E-state index contributed by atoms with van der Waals surface area (Å²) in [6.07, 6.45) is 8.65. The number of aromatic nitrogens is 2. The summed E-state index contributed by atoms with van der Waals surface area (Å²) in [6.45, 7) is 7.00. The quantitative estimate of drug-likeness (QED) is 0.902. The lowest BCUT2D eigenvalue weighted by molar-refractivity contribution is -0.103. The molecule has 0 amide bonds. The van der Waals surface area contributed by atoms with Crippen LogP contribution in [0.2, 0.25) is 0 Å². The average molecular weight is 289 g/mol. The standard InChI is InChI=1S/C17H27N3O/c1-12-13(2)18-14(3)19-16(12)20-15-7-10-21-17(11-15)8-5-4-6-9-17/h15H,4-11H2,1-3H3,(H,18,19,20). The maximum Gasteiger partial charge on any atom is 0.133 e. The van der Waals surface area contributed by atoms with Crippen LogP contribution in [0.25, 0.3) is 0 Å². The molecule has 1 spiro atoms. The molecule has 4 nitrogen and oxygen atoms in total. The molecule has 3 rings (SSSR count). The minimum Gasteiger partial charge on any atom is -0.375 e. The van der Waals surface area contributed by atoms with Gasteiger partial charge in [-0.15, -0.1) is 0 Å². The predicted molar refractivity (Wildman–Crippen MR) is 84.7 cm³/mol. The van der Waals surface area contributed by atoms with Crippen molar-refractivity contribution in [3.05, 3.63) is 17.1 Å². The van der Waals surface area contributed by atoms with Crippen LogP contribution in [-0.2, 0) is 4.74 Å². The molecule has 1 aliphatic carbocycles. The first-order valence-electron chi connectivity index (χ1n) is 8.30. The summed E-state index contributed by atoms with van der Waals surface area (Å²) in [5.41, 5.74) is 2.38. The molecule has 1 atom stereocenters. The third-order valence-corrected chi connectivity index (χ3v) is 5.10. The van der Waals surface area contributed by atoms with Gasteiger partial charge in [0.2, 0.25) is 0 Å². The number of aryl methyl sites for hydroxylation is 2. The predicted octanol–water partition coefficient (Wildman–Crippen LogP) is 3.70. The van der Waals surface area contributed by atoms with E-state index in [-0.39, 0.29) is 5.60 Å². The van der Waals surface area contributed by atoms with Gasteiger partial charge in [0.05, 0.1) is 5.60 Å². The van der Waals surface area contributed by atoms with Crippen LogP contribution >= 0.6 is 0 Å². The molecule has 1 aliphatic heterocycles. The van der Waals surface area contributed by atoms with Crippen LogP contribution in [0.4, 0.5) is 5.82 Å². The van der Waals surface area contributed by atoms with Gasteiger partial charge in [-0.25, -0.2) is 9.97 Å². The second kappa shape index (κ2) is 5.91. The molecular formula is C17H27N3O. The minimum atomic E-state index is 0.138. The van der Waals surface area contributed by atoms with Crippen LogP contribution in [0.15, 0.2) is 0 Å². The number of hydrogen-bond acceptors (Lipinski definition) is 4. The maximum atomic E-state index is 6.18. The number of rotatable bonds is 2. The number of anilines is 1. The summed E-state index contributed by atoms with van der Waals surface area (Å²) in [6, 6.07) is 0.476. The van der Waals surface area contributed by atoms with Crippen molar-refractivity contribution in [2.45, 2.75) is 77.4 Å². The van der Waals surface area contributed by atoms with Crippen molar-refractivity contribution in [1.29, 1.82) is 0 Å². The van der Waals surface area contributed by atoms with Crippen molar-refractivity contribution >= 4 is 5.82 Å². The van der Waals surface area contributed by atoms with Crippen LogP contribution in [-0.4, -0.2) is 28.2 Å². The Hall–Kier alpha value is -1.16. The molecule has 4 heteroatoms. The van der Waals surface area contributed by atoms with Gasteiger partial charge >= 0.3 is 0 Å². The zero-order valence-corrected chi connectivity index (χ0v) is 13.5. The highest BCUT2D eigenvalue weighted by Crippen LogP contribution is 2.39. The largest absolute Gasteiger partial charge is 0.375 e. The van der Waals surface area contributed by atoms with E-state index >= 15 is 0 Å². The highest BCUT2D eigenvalue weighted by atomic mass is 16.5. The minimum absolute atomic E-state index is 0.138. The third-order valence-electron chi connectivity index (χ3n) is 5.10. The van der Waals surface area contributed by atoms with Crippen molar-refractivity contribution in [2.24, 2.45) is 0 Å². The Morgan fingerprint density at radius 1 is 1.10 bits per heavy atom. The van der Waals surface area contributed by atoms with Crippen molar-refractivity contribution < 1.29 is 4.74 Å². The summed E-state index contributed by atoms with van der Waals surface area (Å²) in [5, 5.41) is 3.67. The van der Waals surface area contributed by atoms with Crippen LogP contribution in [0, 0.1) is 20.8 Å². The topological polar surface area (TPSA) is 47.0 Å². The maximum absolute atomic E-state index is 6.18. The van der Waals surface area contributed by atoms with E-state index in [1.165, 1.54) is 37.7 Å². The molecule has 1 saturated heterocycles. The Morgan fingerprint density at radius 2 is 1.86 bits per heavy atom. The van der Waals surface area contributed by atoms with Crippen LogP contribution in [0.3, 0.4) is 0 Å². The third kappa shape index (κ3) is 3.20. The van der Waals surface area contributed by atoms with Gasteiger partial charge in [0.1, 0.15) is 11.6 Å². The van der Waals surface area contributed by atoms with E-state index in [4.69, 9.17) is 4.74 Å². The van der Waals surface area contributed by atoms with E-state index in [0.717, 1.165) is 36.8 Å². The van der Waals surface area contributed by atoms with E-state index in [9.17, 15) is 0 Å². The van der Waals surface area contributed by atoms with E-state index in [0.29, 0.717) is 6.04 Å². The van der Waals surface area contributed by atoms with Crippen LogP contribution in [0.1, 0.15) is 62.0 Å². The van der Waals surface area contributed by atoms with Gasteiger partial charge in [-0.2, -0.15) is 0 Å². The zero-order valence-electron chi connectivity index (χ0n) is 13.5. The summed E-state index contributed by atoms with van der Waals surface area (Å²) in [5.74, 6) is 1.86. The van der Waals surface area contributed by atoms with E-state index in [1.54, 1.807) is 0 Å². The molecule has 1 aromatic rings. The Morgan fingerprint density at radius 3 is 2.62 bits per heavy atom.